The van der Waals surface area contributed by atoms with Crippen molar-refractivity contribution >= 4 is 0 Å². The number of nitrogens with two attached hydrogens (primary N) is 1. The highest BCUT2D eigenvalue weighted by Crippen LogP contribution is 2.21. The van der Waals surface area contributed by atoms with E-state index in [0.29, 0.717) is 0 Å². The Hall–Kier alpha value is -1.15. The Morgan fingerprint density at radius 3 is 2.62 bits per heavy atom. The van der Waals surface area contributed by atoms with Gasteiger partial charge in [0.1, 0.15) is 5.82 Å². The molecule has 1 atom stereocenters. The molecule has 0 saturated heterocycles. The lowest BCUT2D eigenvalue weighted by Crippen LogP contribution is -2.12. The van der Waals surface area contributed by atoms with Crippen molar-refractivity contribution in [3.05, 3.63) is 47.3 Å². The third kappa shape index (κ3) is 2.16. The van der Waals surface area contributed by atoms with Gasteiger partial charge in [0.25, 0.3) is 0 Å². The standard InChI is InChI=1S/C11H14FN/c1-7(2)11(13)10-5-4-9(12)6-8(10)3/h4-6,11H,1,13H2,2-3H3. The van der Waals surface area contributed by atoms with E-state index in [0.717, 1.165) is 16.7 Å². The maximum Gasteiger partial charge on any atom is 0.123 e. The quantitative estimate of drug-likeness (QED) is 0.694. The fourth-order valence-corrected chi connectivity index (χ4v) is 1.25. The summed E-state index contributed by atoms with van der Waals surface area (Å²) in [6.07, 6.45) is 0. The third-order valence-corrected chi connectivity index (χ3v) is 2.10. The Kier molecular flexibility index (Phi) is 2.83. The molecule has 13 heavy (non-hydrogen) atoms. The number of benzene rings is 1. The van der Waals surface area contributed by atoms with Crippen LogP contribution in [0.1, 0.15) is 24.1 Å². The van der Waals surface area contributed by atoms with E-state index < -0.39 is 0 Å². The largest absolute Gasteiger partial charge is 0.321 e. The molecule has 0 saturated carbocycles. The first-order chi connectivity index (χ1) is 6.02. The maximum atomic E-state index is 12.7. The molecule has 1 rings (SSSR count). The fraction of sp³-hybridized carbons (Fsp3) is 0.273. The molecule has 0 fully saturated rings. The van der Waals surface area contributed by atoms with Crippen LogP contribution in [0.5, 0.6) is 0 Å². The molecule has 0 aliphatic heterocycles. The van der Waals surface area contributed by atoms with Gasteiger partial charge in [0, 0.05) is 0 Å². The summed E-state index contributed by atoms with van der Waals surface area (Å²) in [5.41, 5.74) is 8.56. The Balaban J connectivity index is 3.08. The van der Waals surface area contributed by atoms with E-state index in [1.165, 1.54) is 12.1 Å². The normalized spacial score (nSPS) is 12.6. The summed E-state index contributed by atoms with van der Waals surface area (Å²) in [6.45, 7) is 7.49. The van der Waals surface area contributed by atoms with Crippen molar-refractivity contribution < 1.29 is 4.39 Å². The van der Waals surface area contributed by atoms with Crippen LogP contribution >= 0.6 is 0 Å². The molecule has 70 valence electrons. The van der Waals surface area contributed by atoms with Crippen molar-refractivity contribution in [1.29, 1.82) is 0 Å². The summed E-state index contributed by atoms with van der Waals surface area (Å²) in [4.78, 5) is 0. The van der Waals surface area contributed by atoms with E-state index in [2.05, 4.69) is 6.58 Å². The van der Waals surface area contributed by atoms with Gasteiger partial charge in [0.05, 0.1) is 6.04 Å². The number of hydrogen-bond donors (Lipinski definition) is 1. The SMILES string of the molecule is C=C(C)C(N)c1ccc(F)cc1C. The molecule has 0 aromatic heterocycles. The van der Waals surface area contributed by atoms with Crippen LogP contribution in [0.25, 0.3) is 0 Å². The zero-order chi connectivity index (χ0) is 10.0. The van der Waals surface area contributed by atoms with Gasteiger partial charge in [-0.25, -0.2) is 4.39 Å². The minimum atomic E-state index is -0.227. The van der Waals surface area contributed by atoms with E-state index >= 15 is 0 Å². The average molecular weight is 179 g/mol. The molecular formula is C11H14FN. The molecule has 2 heteroatoms. The van der Waals surface area contributed by atoms with Gasteiger partial charge < -0.3 is 5.73 Å². The zero-order valence-electron chi connectivity index (χ0n) is 7.97. The Morgan fingerprint density at radius 1 is 1.54 bits per heavy atom. The van der Waals surface area contributed by atoms with Gasteiger partial charge in [0.15, 0.2) is 0 Å². The molecule has 1 aromatic rings. The molecule has 1 unspecified atom stereocenters. The molecule has 0 radical (unpaired) electrons. The number of halogens is 1. The summed E-state index contributed by atoms with van der Waals surface area (Å²) in [6, 6.07) is 4.42. The first kappa shape index (κ1) is 9.93. The average Bonchev–Trinajstić information content (AvgIpc) is 2.03. The molecule has 2 N–H and O–H groups in total. The van der Waals surface area contributed by atoms with Gasteiger partial charge in [-0.1, -0.05) is 18.2 Å². The maximum absolute atomic E-state index is 12.7. The molecule has 0 aliphatic rings. The van der Waals surface area contributed by atoms with E-state index in [1.807, 2.05) is 13.8 Å². The van der Waals surface area contributed by atoms with Crippen molar-refractivity contribution in [1.82, 2.24) is 0 Å². The lowest BCUT2D eigenvalue weighted by Gasteiger charge is -2.14. The monoisotopic (exact) mass is 179 g/mol. The van der Waals surface area contributed by atoms with Gasteiger partial charge in [0.2, 0.25) is 0 Å². The molecule has 0 aliphatic carbocycles. The Labute approximate surface area is 78.1 Å². The minimum absolute atomic E-state index is 0.194. The fourth-order valence-electron chi connectivity index (χ4n) is 1.25. The second-order valence-corrected chi connectivity index (χ2v) is 3.32. The minimum Gasteiger partial charge on any atom is -0.321 e. The van der Waals surface area contributed by atoms with Crippen LogP contribution in [0.4, 0.5) is 4.39 Å². The van der Waals surface area contributed by atoms with Crippen molar-refractivity contribution in [2.45, 2.75) is 19.9 Å². The highest BCUT2D eigenvalue weighted by atomic mass is 19.1. The summed E-state index contributed by atoms with van der Waals surface area (Å²) >= 11 is 0. The van der Waals surface area contributed by atoms with Crippen molar-refractivity contribution in [2.75, 3.05) is 0 Å². The molecule has 0 spiro atoms. The van der Waals surface area contributed by atoms with Gasteiger partial charge >= 0.3 is 0 Å². The summed E-state index contributed by atoms with van der Waals surface area (Å²) < 4.78 is 12.7. The number of aryl methyl sites for hydroxylation is 1. The van der Waals surface area contributed by atoms with Gasteiger partial charge in [-0.15, -0.1) is 0 Å². The predicted octanol–water partition coefficient (Wildman–Crippen LogP) is 2.71. The van der Waals surface area contributed by atoms with Crippen LogP contribution in [0, 0.1) is 12.7 Å². The van der Waals surface area contributed by atoms with E-state index in [1.54, 1.807) is 6.07 Å². The smallest absolute Gasteiger partial charge is 0.123 e. The topological polar surface area (TPSA) is 26.0 Å². The number of hydrogen-bond acceptors (Lipinski definition) is 1. The van der Waals surface area contributed by atoms with Crippen LogP contribution < -0.4 is 5.73 Å². The first-order valence-electron chi connectivity index (χ1n) is 4.19. The lowest BCUT2D eigenvalue weighted by atomic mass is 9.97. The highest BCUT2D eigenvalue weighted by Gasteiger charge is 2.09. The summed E-state index contributed by atoms with van der Waals surface area (Å²) in [7, 11) is 0. The number of rotatable bonds is 2. The van der Waals surface area contributed by atoms with Gasteiger partial charge in [-0.2, -0.15) is 0 Å². The van der Waals surface area contributed by atoms with E-state index in [4.69, 9.17) is 5.73 Å². The summed E-state index contributed by atoms with van der Waals surface area (Å²) in [5, 5.41) is 0. The van der Waals surface area contributed by atoms with Crippen LogP contribution in [0.15, 0.2) is 30.4 Å². The van der Waals surface area contributed by atoms with Gasteiger partial charge in [-0.05, 0) is 37.1 Å². The van der Waals surface area contributed by atoms with Crippen LogP contribution in [-0.2, 0) is 0 Å². The zero-order valence-corrected chi connectivity index (χ0v) is 7.97. The van der Waals surface area contributed by atoms with Crippen molar-refractivity contribution in [2.24, 2.45) is 5.73 Å². The molecule has 0 heterocycles. The highest BCUT2D eigenvalue weighted by molar-refractivity contribution is 5.33. The Morgan fingerprint density at radius 2 is 2.15 bits per heavy atom. The summed E-state index contributed by atoms with van der Waals surface area (Å²) in [5.74, 6) is -0.227. The van der Waals surface area contributed by atoms with Crippen molar-refractivity contribution in [3.8, 4) is 0 Å². The van der Waals surface area contributed by atoms with Gasteiger partial charge in [-0.3, -0.25) is 0 Å². The molecule has 0 amide bonds. The molecule has 1 nitrogen and oxygen atoms in total. The van der Waals surface area contributed by atoms with Crippen LogP contribution in [-0.4, -0.2) is 0 Å². The lowest BCUT2D eigenvalue weighted by molar-refractivity contribution is 0.624. The second kappa shape index (κ2) is 3.71. The first-order valence-corrected chi connectivity index (χ1v) is 4.19. The Bertz CT molecular complexity index is 331. The molecular weight excluding hydrogens is 165 g/mol. The van der Waals surface area contributed by atoms with Crippen molar-refractivity contribution in [3.63, 3.8) is 0 Å². The molecule has 0 bridgehead atoms. The predicted molar refractivity (Wildman–Crippen MR) is 52.9 cm³/mol. The molecule has 1 aromatic carbocycles. The van der Waals surface area contributed by atoms with Crippen LogP contribution in [0.2, 0.25) is 0 Å². The van der Waals surface area contributed by atoms with Crippen LogP contribution in [0.3, 0.4) is 0 Å². The second-order valence-electron chi connectivity index (χ2n) is 3.32. The third-order valence-electron chi connectivity index (χ3n) is 2.10. The van der Waals surface area contributed by atoms with E-state index in [9.17, 15) is 4.39 Å². The van der Waals surface area contributed by atoms with E-state index in [-0.39, 0.29) is 11.9 Å².